The number of rotatable bonds is 5. The van der Waals surface area contributed by atoms with Crippen molar-refractivity contribution in [3.05, 3.63) is 35.4 Å². The van der Waals surface area contributed by atoms with Crippen LogP contribution in [0.15, 0.2) is 24.3 Å². The molecule has 0 radical (unpaired) electrons. The molecule has 0 aromatic heterocycles. The summed E-state index contributed by atoms with van der Waals surface area (Å²) in [5, 5.41) is 9.99. The topological polar surface area (TPSA) is 46.5 Å². The number of benzene rings is 1. The average Bonchev–Trinajstić information content (AvgIpc) is 2.37. The Morgan fingerprint density at radius 1 is 1.39 bits per heavy atom. The minimum absolute atomic E-state index is 0.0383. The number of aliphatic hydroxyl groups excluding tert-OH is 1. The molecule has 100 valence electrons. The molecule has 1 aromatic rings. The van der Waals surface area contributed by atoms with Crippen molar-refractivity contribution < 1.29 is 23.4 Å². The fraction of sp³-hybridized carbons (Fsp3) is 0.462. The number of esters is 1. The second-order valence-electron chi connectivity index (χ2n) is 4.17. The summed E-state index contributed by atoms with van der Waals surface area (Å²) in [5.41, 5.74) is 0.237. The van der Waals surface area contributed by atoms with Gasteiger partial charge >= 0.3 is 5.97 Å². The second kappa shape index (κ2) is 6.44. The SMILES string of the molecule is COC(=O)CC(C)C(O)c1cccc(C(F)F)c1. The Kier molecular flexibility index (Phi) is 5.22. The Hall–Kier alpha value is -1.49. The van der Waals surface area contributed by atoms with E-state index < -0.39 is 24.4 Å². The van der Waals surface area contributed by atoms with Crippen molar-refractivity contribution in [2.24, 2.45) is 5.92 Å². The van der Waals surface area contributed by atoms with Crippen molar-refractivity contribution >= 4 is 5.97 Å². The predicted octanol–water partition coefficient (Wildman–Crippen LogP) is 2.86. The highest BCUT2D eigenvalue weighted by Crippen LogP contribution is 2.28. The lowest BCUT2D eigenvalue weighted by atomic mass is 9.93. The smallest absolute Gasteiger partial charge is 0.305 e. The molecule has 0 fully saturated rings. The second-order valence-corrected chi connectivity index (χ2v) is 4.17. The number of hydrogen-bond acceptors (Lipinski definition) is 3. The highest BCUT2D eigenvalue weighted by Gasteiger charge is 2.21. The van der Waals surface area contributed by atoms with Gasteiger partial charge in [0.1, 0.15) is 0 Å². The van der Waals surface area contributed by atoms with E-state index >= 15 is 0 Å². The quantitative estimate of drug-likeness (QED) is 0.826. The van der Waals surface area contributed by atoms with Gasteiger partial charge in [-0.1, -0.05) is 25.1 Å². The van der Waals surface area contributed by atoms with Crippen LogP contribution in [0.1, 0.15) is 37.0 Å². The average molecular weight is 258 g/mol. The lowest BCUT2D eigenvalue weighted by Crippen LogP contribution is -2.15. The van der Waals surface area contributed by atoms with E-state index in [2.05, 4.69) is 4.74 Å². The summed E-state index contributed by atoms with van der Waals surface area (Å²) >= 11 is 0. The predicted molar refractivity (Wildman–Crippen MR) is 62.2 cm³/mol. The third kappa shape index (κ3) is 3.77. The highest BCUT2D eigenvalue weighted by molar-refractivity contribution is 5.69. The fourth-order valence-electron chi connectivity index (χ4n) is 1.67. The first-order chi connectivity index (χ1) is 8.45. The highest BCUT2D eigenvalue weighted by atomic mass is 19.3. The molecule has 1 aromatic carbocycles. The number of carbonyl (C=O) groups excluding carboxylic acids is 1. The van der Waals surface area contributed by atoms with E-state index in [1.807, 2.05) is 0 Å². The number of aliphatic hydroxyl groups is 1. The first-order valence-electron chi connectivity index (χ1n) is 5.58. The number of halogens is 2. The Morgan fingerprint density at radius 2 is 2.00 bits per heavy atom. The molecule has 0 heterocycles. The van der Waals surface area contributed by atoms with Crippen LogP contribution >= 0.6 is 0 Å². The van der Waals surface area contributed by atoms with Crippen LogP contribution in [-0.2, 0) is 9.53 Å². The van der Waals surface area contributed by atoms with E-state index in [1.165, 1.54) is 25.3 Å². The lowest BCUT2D eigenvalue weighted by Gasteiger charge is -2.18. The van der Waals surface area contributed by atoms with Gasteiger partial charge in [-0.2, -0.15) is 0 Å². The first kappa shape index (κ1) is 14.6. The number of hydrogen-bond donors (Lipinski definition) is 1. The molecule has 0 aliphatic heterocycles. The van der Waals surface area contributed by atoms with Crippen molar-refractivity contribution in [1.29, 1.82) is 0 Å². The summed E-state index contributed by atoms with van der Waals surface area (Å²) in [6.07, 6.45) is -3.51. The van der Waals surface area contributed by atoms with Gasteiger partial charge in [-0.05, 0) is 17.5 Å². The number of methoxy groups -OCH3 is 1. The molecule has 3 nitrogen and oxygen atoms in total. The largest absolute Gasteiger partial charge is 0.469 e. The fourth-order valence-corrected chi connectivity index (χ4v) is 1.67. The minimum atomic E-state index is -2.58. The standard InChI is InChI=1S/C13H16F2O3/c1-8(6-11(16)18-2)12(17)9-4-3-5-10(7-9)13(14)15/h3-5,7-8,12-13,17H,6H2,1-2H3. The van der Waals surface area contributed by atoms with Crippen LogP contribution in [0.2, 0.25) is 0 Å². The van der Waals surface area contributed by atoms with Crippen LogP contribution in [0.5, 0.6) is 0 Å². The summed E-state index contributed by atoms with van der Waals surface area (Å²) in [4.78, 5) is 11.1. The maximum atomic E-state index is 12.5. The summed E-state index contributed by atoms with van der Waals surface area (Å²) in [7, 11) is 1.26. The number of alkyl halides is 2. The number of carbonyl (C=O) groups is 1. The van der Waals surface area contributed by atoms with E-state index in [0.717, 1.165) is 0 Å². The Labute approximate surface area is 104 Å². The zero-order chi connectivity index (χ0) is 13.7. The lowest BCUT2D eigenvalue weighted by molar-refractivity contribution is -0.142. The van der Waals surface area contributed by atoms with Crippen molar-refractivity contribution in [1.82, 2.24) is 0 Å². The molecule has 5 heteroatoms. The van der Waals surface area contributed by atoms with Crippen molar-refractivity contribution in [2.45, 2.75) is 25.9 Å². The molecular formula is C13H16F2O3. The molecule has 2 atom stereocenters. The molecule has 0 saturated carbocycles. The first-order valence-corrected chi connectivity index (χ1v) is 5.58. The summed E-state index contributed by atoms with van der Waals surface area (Å²) < 4.78 is 29.5. The number of ether oxygens (including phenoxy) is 1. The summed E-state index contributed by atoms with van der Waals surface area (Å²) in [6, 6.07) is 5.57. The van der Waals surface area contributed by atoms with Crippen LogP contribution in [0.25, 0.3) is 0 Å². The normalized spacial score (nSPS) is 14.3. The molecule has 18 heavy (non-hydrogen) atoms. The molecular weight excluding hydrogens is 242 g/mol. The van der Waals surface area contributed by atoms with Gasteiger partial charge in [0, 0.05) is 5.56 Å². The molecule has 0 aliphatic carbocycles. The van der Waals surface area contributed by atoms with Gasteiger partial charge in [0.05, 0.1) is 19.6 Å². The zero-order valence-electron chi connectivity index (χ0n) is 10.3. The maximum Gasteiger partial charge on any atom is 0.305 e. The third-order valence-corrected chi connectivity index (χ3v) is 2.76. The minimum Gasteiger partial charge on any atom is -0.469 e. The van der Waals surface area contributed by atoms with Gasteiger partial charge in [-0.25, -0.2) is 8.78 Å². The van der Waals surface area contributed by atoms with Crippen LogP contribution in [0.3, 0.4) is 0 Å². The molecule has 2 unspecified atom stereocenters. The molecule has 0 saturated heterocycles. The van der Waals surface area contributed by atoms with E-state index in [1.54, 1.807) is 13.0 Å². The van der Waals surface area contributed by atoms with Crippen molar-refractivity contribution in [3.63, 3.8) is 0 Å². The van der Waals surface area contributed by atoms with Crippen LogP contribution < -0.4 is 0 Å². The summed E-state index contributed by atoms with van der Waals surface area (Å²) in [5.74, 6) is -0.836. The zero-order valence-corrected chi connectivity index (χ0v) is 10.3. The molecule has 0 amide bonds. The van der Waals surface area contributed by atoms with E-state index in [0.29, 0.717) is 5.56 Å². The van der Waals surface area contributed by atoms with Gasteiger partial charge in [0.2, 0.25) is 0 Å². The van der Waals surface area contributed by atoms with Gasteiger partial charge in [0.15, 0.2) is 0 Å². The molecule has 0 spiro atoms. The summed E-state index contributed by atoms with van der Waals surface area (Å²) in [6.45, 7) is 1.66. The molecule has 0 bridgehead atoms. The van der Waals surface area contributed by atoms with Crippen LogP contribution in [-0.4, -0.2) is 18.2 Å². The van der Waals surface area contributed by atoms with Gasteiger partial charge in [0.25, 0.3) is 6.43 Å². The maximum absolute atomic E-state index is 12.5. The van der Waals surface area contributed by atoms with Crippen LogP contribution in [0, 0.1) is 5.92 Å². The third-order valence-electron chi connectivity index (χ3n) is 2.76. The van der Waals surface area contributed by atoms with Crippen molar-refractivity contribution in [2.75, 3.05) is 7.11 Å². The monoisotopic (exact) mass is 258 g/mol. The van der Waals surface area contributed by atoms with Gasteiger partial charge < -0.3 is 9.84 Å². The van der Waals surface area contributed by atoms with E-state index in [-0.39, 0.29) is 12.0 Å². The van der Waals surface area contributed by atoms with E-state index in [9.17, 15) is 18.7 Å². The molecule has 0 aliphatic rings. The van der Waals surface area contributed by atoms with Gasteiger partial charge in [-0.3, -0.25) is 4.79 Å². The molecule has 1 rings (SSSR count). The van der Waals surface area contributed by atoms with Crippen LogP contribution in [0.4, 0.5) is 8.78 Å². The molecule has 1 N–H and O–H groups in total. The Morgan fingerprint density at radius 3 is 2.56 bits per heavy atom. The van der Waals surface area contributed by atoms with E-state index in [4.69, 9.17) is 0 Å². The van der Waals surface area contributed by atoms with Crippen molar-refractivity contribution in [3.8, 4) is 0 Å². The Balaban J connectivity index is 2.79. The Bertz CT molecular complexity index is 407. The van der Waals surface area contributed by atoms with Gasteiger partial charge in [-0.15, -0.1) is 0 Å².